The van der Waals surface area contributed by atoms with Crippen LogP contribution in [-0.4, -0.2) is 0 Å². The predicted molar refractivity (Wildman–Crippen MR) is 194 cm³/mol. The van der Waals surface area contributed by atoms with Gasteiger partial charge in [-0.05, 0) is 145 Å². The van der Waals surface area contributed by atoms with E-state index >= 15 is 0 Å². The van der Waals surface area contributed by atoms with E-state index in [2.05, 4.69) is 172 Å². The van der Waals surface area contributed by atoms with Crippen LogP contribution in [0.3, 0.4) is 0 Å². The smallest absolute Gasteiger partial charge is 0.0468 e. The molecule has 0 atom stereocenters. The van der Waals surface area contributed by atoms with Gasteiger partial charge in [-0.25, -0.2) is 0 Å². The van der Waals surface area contributed by atoms with Gasteiger partial charge in [0.05, 0.1) is 0 Å². The molecule has 0 saturated carbocycles. The molecule has 0 bridgehead atoms. The summed E-state index contributed by atoms with van der Waals surface area (Å²) >= 11 is 0. The highest BCUT2D eigenvalue weighted by Gasteiger charge is 2.24. The summed E-state index contributed by atoms with van der Waals surface area (Å²) in [6.07, 6.45) is 0. The van der Waals surface area contributed by atoms with Crippen LogP contribution in [0.1, 0.15) is 50.7 Å². The van der Waals surface area contributed by atoms with Crippen LogP contribution >= 0.6 is 0 Å². The fourth-order valence-corrected chi connectivity index (χ4v) is 6.84. The Balaban J connectivity index is 1.22. The first kappa shape index (κ1) is 27.4. The highest BCUT2D eigenvalue weighted by molar-refractivity contribution is 6.12. The van der Waals surface area contributed by atoms with Crippen molar-refractivity contribution < 1.29 is 0 Å². The molecule has 0 fully saturated rings. The predicted octanol–water partition coefficient (Wildman–Crippen LogP) is 13.0. The maximum absolute atomic E-state index is 2.40. The molecule has 7 aromatic carbocycles. The number of rotatable bonds is 6. The minimum Gasteiger partial charge on any atom is -0.310 e. The summed E-state index contributed by atoms with van der Waals surface area (Å²) < 4.78 is 0. The Morgan fingerprint density at radius 3 is 1.56 bits per heavy atom. The van der Waals surface area contributed by atoms with Crippen LogP contribution < -0.4 is 4.90 Å². The molecule has 1 aliphatic carbocycles. The maximum Gasteiger partial charge on any atom is 0.0468 e. The summed E-state index contributed by atoms with van der Waals surface area (Å²) in [6.45, 7) is 9.03. The first-order valence-electron chi connectivity index (χ1n) is 16.1. The maximum atomic E-state index is 2.40. The zero-order valence-electron chi connectivity index (χ0n) is 26.4. The molecule has 45 heavy (non-hydrogen) atoms. The number of anilines is 3. The van der Waals surface area contributed by atoms with Crippen molar-refractivity contribution in [3.63, 3.8) is 0 Å². The molecular weight excluding hydrogens is 542 g/mol. The Kier molecular flexibility index (Phi) is 6.57. The van der Waals surface area contributed by atoms with E-state index in [9.17, 15) is 0 Å². The molecule has 0 amide bonds. The second-order valence-electron chi connectivity index (χ2n) is 13.1. The first-order valence-corrected chi connectivity index (χ1v) is 16.1. The van der Waals surface area contributed by atoms with Crippen molar-refractivity contribution in [1.29, 1.82) is 0 Å². The van der Waals surface area contributed by atoms with Gasteiger partial charge in [-0.15, -0.1) is 0 Å². The van der Waals surface area contributed by atoms with Crippen molar-refractivity contribution in [1.82, 2.24) is 0 Å². The van der Waals surface area contributed by atoms with E-state index < -0.39 is 0 Å². The van der Waals surface area contributed by atoms with Crippen molar-refractivity contribution >= 4 is 38.6 Å². The van der Waals surface area contributed by atoms with E-state index in [0.717, 1.165) is 0 Å². The molecule has 1 nitrogen and oxygen atoms in total. The Hall–Kier alpha value is -5.14. The molecule has 1 heteroatoms. The van der Waals surface area contributed by atoms with Gasteiger partial charge >= 0.3 is 0 Å². The lowest BCUT2D eigenvalue weighted by Crippen LogP contribution is -2.10. The Bertz CT molecular complexity index is 2200. The number of benzene rings is 7. The minimum absolute atomic E-state index is 0.463. The van der Waals surface area contributed by atoms with Crippen molar-refractivity contribution in [2.24, 2.45) is 0 Å². The van der Waals surface area contributed by atoms with Crippen LogP contribution in [0.25, 0.3) is 54.9 Å². The van der Waals surface area contributed by atoms with Gasteiger partial charge in [0.1, 0.15) is 0 Å². The van der Waals surface area contributed by atoms with Gasteiger partial charge in [0.2, 0.25) is 0 Å². The van der Waals surface area contributed by atoms with Crippen LogP contribution in [0.5, 0.6) is 0 Å². The average Bonchev–Trinajstić information content (AvgIpc) is 3.07. The molecule has 8 rings (SSSR count). The largest absolute Gasteiger partial charge is 0.310 e. The topological polar surface area (TPSA) is 3.24 Å². The molecule has 0 aliphatic heterocycles. The van der Waals surface area contributed by atoms with Gasteiger partial charge in [-0.2, -0.15) is 0 Å². The lowest BCUT2D eigenvalue weighted by Gasteiger charge is -2.28. The van der Waals surface area contributed by atoms with E-state index in [0.29, 0.717) is 11.8 Å². The van der Waals surface area contributed by atoms with E-state index in [1.54, 1.807) is 0 Å². The first-order chi connectivity index (χ1) is 21.9. The average molecular weight is 580 g/mol. The summed E-state index contributed by atoms with van der Waals surface area (Å²) in [5, 5.41) is 5.11. The van der Waals surface area contributed by atoms with Crippen LogP contribution in [0.2, 0.25) is 0 Å². The van der Waals surface area contributed by atoms with Gasteiger partial charge in [0, 0.05) is 17.1 Å². The number of hydrogen-bond donors (Lipinski definition) is 0. The normalized spacial score (nSPS) is 12.0. The van der Waals surface area contributed by atoms with E-state index in [1.807, 2.05) is 0 Å². The molecule has 0 heterocycles. The van der Waals surface area contributed by atoms with Gasteiger partial charge < -0.3 is 4.90 Å². The van der Waals surface area contributed by atoms with E-state index in [-0.39, 0.29) is 0 Å². The highest BCUT2D eigenvalue weighted by atomic mass is 15.1. The summed E-state index contributed by atoms with van der Waals surface area (Å²) in [5.74, 6) is 0.964. The van der Waals surface area contributed by atoms with Crippen LogP contribution in [0.4, 0.5) is 17.1 Å². The third-order valence-electron chi connectivity index (χ3n) is 9.50. The van der Waals surface area contributed by atoms with Crippen LogP contribution in [-0.2, 0) is 0 Å². The standard InChI is InChI=1S/C44H37N/c1-28(2)30-15-18-38(19-16-30)45(39-12-8-11-32(22-39)29(3)4)40-20-17-35-25-42-41-24-34-14-13-33(31-9-6-5-7-10-31)21-36(34)26-43(41)44(42)27-37(35)23-40/h5-29H,1-4H3. The Labute approximate surface area is 266 Å². The fourth-order valence-electron chi connectivity index (χ4n) is 6.84. The monoisotopic (exact) mass is 579 g/mol. The molecule has 0 saturated heterocycles. The fraction of sp³-hybridized carbons (Fsp3) is 0.136. The molecule has 0 unspecified atom stereocenters. The SMILES string of the molecule is CC(C)c1ccc(N(c2cccc(C(C)C)c2)c2ccc3cc4c(cc3c2)-c2cc3cc(-c5ccccc5)ccc3cc2-4)cc1. The van der Waals surface area contributed by atoms with Crippen molar-refractivity contribution in [2.75, 3.05) is 4.90 Å². The van der Waals surface area contributed by atoms with Crippen molar-refractivity contribution in [2.45, 2.75) is 39.5 Å². The third kappa shape index (κ3) is 4.80. The van der Waals surface area contributed by atoms with Gasteiger partial charge in [-0.3, -0.25) is 0 Å². The molecule has 0 radical (unpaired) electrons. The molecular formula is C44H37N. The number of nitrogens with zero attached hydrogens (tertiary/aromatic N) is 1. The molecule has 0 N–H and O–H groups in total. The second kappa shape index (κ2) is 10.8. The molecule has 0 spiro atoms. The second-order valence-corrected chi connectivity index (χ2v) is 13.1. The number of hydrogen-bond acceptors (Lipinski definition) is 1. The quantitative estimate of drug-likeness (QED) is 0.189. The molecule has 1 aliphatic rings. The summed E-state index contributed by atoms with van der Waals surface area (Å²) in [6, 6.07) is 52.0. The summed E-state index contributed by atoms with van der Waals surface area (Å²) in [7, 11) is 0. The summed E-state index contributed by atoms with van der Waals surface area (Å²) in [4.78, 5) is 2.40. The zero-order valence-corrected chi connectivity index (χ0v) is 26.4. The molecule has 0 aromatic heterocycles. The van der Waals surface area contributed by atoms with Crippen LogP contribution in [0.15, 0.2) is 140 Å². The highest BCUT2D eigenvalue weighted by Crippen LogP contribution is 2.51. The van der Waals surface area contributed by atoms with Crippen LogP contribution in [0, 0.1) is 0 Å². The molecule has 7 aromatic rings. The van der Waals surface area contributed by atoms with Crippen molar-refractivity contribution in [3.05, 3.63) is 151 Å². The minimum atomic E-state index is 0.463. The van der Waals surface area contributed by atoms with Gasteiger partial charge in [-0.1, -0.05) is 100 Å². The Morgan fingerprint density at radius 2 is 0.911 bits per heavy atom. The van der Waals surface area contributed by atoms with E-state index in [1.165, 1.54) is 83.1 Å². The van der Waals surface area contributed by atoms with Crippen molar-refractivity contribution in [3.8, 4) is 33.4 Å². The Morgan fingerprint density at radius 1 is 0.356 bits per heavy atom. The van der Waals surface area contributed by atoms with Gasteiger partial charge in [0.25, 0.3) is 0 Å². The molecule has 218 valence electrons. The van der Waals surface area contributed by atoms with Gasteiger partial charge in [0.15, 0.2) is 0 Å². The lowest BCUT2D eigenvalue weighted by atomic mass is 9.77. The van der Waals surface area contributed by atoms with E-state index in [4.69, 9.17) is 0 Å². The zero-order chi connectivity index (χ0) is 30.7. The third-order valence-corrected chi connectivity index (χ3v) is 9.50. The lowest BCUT2D eigenvalue weighted by molar-refractivity contribution is 0.865. The number of fused-ring (bicyclic) bond motifs is 6. The summed E-state index contributed by atoms with van der Waals surface area (Å²) in [5.41, 5.74) is 14.1.